The van der Waals surface area contributed by atoms with Crippen LogP contribution in [0, 0.1) is 0 Å². The third kappa shape index (κ3) is 3.91. The normalized spacial score (nSPS) is 12.3. The maximum absolute atomic E-state index is 9.13. The Hall–Kier alpha value is -1.64. The lowest BCUT2D eigenvalue weighted by molar-refractivity contribution is 0.238. The summed E-state index contributed by atoms with van der Waals surface area (Å²) in [4.78, 5) is 0. The van der Waals surface area contributed by atoms with Gasteiger partial charge in [-0.15, -0.1) is 0 Å². The minimum absolute atomic E-state index is 0.189. The van der Waals surface area contributed by atoms with Crippen LogP contribution in [0.4, 0.5) is 0 Å². The summed E-state index contributed by atoms with van der Waals surface area (Å²) in [7, 11) is 0. The molecule has 0 aliphatic heterocycles. The molecule has 0 spiro atoms. The van der Waals surface area contributed by atoms with Crippen LogP contribution in [0.2, 0.25) is 0 Å². The lowest BCUT2D eigenvalue weighted by atomic mass is 10.0. The van der Waals surface area contributed by atoms with Crippen molar-refractivity contribution >= 4 is 0 Å². The molecule has 0 aliphatic carbocycles. The molecule has 2 nitrogen and oxygen atoms in total. The van der Waals surface area contributed by atoms with Gasteiger partial charge in [0.15, 0.2) is 0 Å². The lowest BCUT2D eigenvalue weighted by Gasteiger charge is -2.14. The van der Waals surface area contributed by atoms with E-state index in [-0.39, 0.29) is 12.6 Å². The van der Waals surface area contributed by atoms with Gasteiger partial charge in [-0.2, -0.15) is 0 Å². The second kappa shape index (κ2) is 7.07. The van der Waals surface area contributed by atoms with Crippen molar-refractivity contribution in [3.8, 4) is 11.1 Å². The van der Waals surface area contributed by atoms with Crippen LogP contribution in [0.25, 0.3) is 11.1 Å². The fourth-order valence-electron chi connectivity index (χ4n) is 2.05. The van der Waals surface area contributed by atoms with Crippen molar-refractivity contribution in [1.29, 1.82) is 0 Å². The van der Waals surface area contributed by atoms with E-state index in [0.717, 1.165) is 13.0 Å². The Bertz CT molecular complexity index is 474. The van der Waals surface area contributed by atoms with Crippen LogP contribution in [-0.4, -0.2) is 17.8 Å². The second-order valence-electron chi connectivity index (χ2n) is 4.73. The van der Waals surface area contributed by atoms with Crippen molar-refractivity contribution in [2.75, 3.05) is 6.61 Å². The van der Waals surface area contributed by atoms with E-state index < -0.39 is 0 Å². The van der Waals surface area contributed by atoms with Crippen LogP contribution in [0.5, 0.6) is 0 Å². The molecule has 0 fully saturated rings. The van der Waals surface area contributed by atoms with Crippen LogP contribution in [0.15, 0.2) is 54.6 Å². The van der Waals surface area contributed by atoms with Crippen LogP contribution < -0.4 is 5.32 Å². The molecule has 2 aromatic rings. The molecule has 0 aromatic heterocycles. The summed E-state index contributed by atoms with van der Waals surface area (Å²) in [6.07, 6.45) is 0.943. The summed E-state index contributed by atoms with van der Waals surface area (Å²) in [6, 6.07) is 19.1. The minimum Gasteiger partial charge on any atom is -0.395 e. The van der Waals surface area contributed by atoms with E-state index in [0.29, 0.717) is 0 Å². The van der Waals surface area contributed by atoms with Gasteiger partial charge in [0, 0.05) is 12.6 Å². The van der Waals surface area contributed by atoms with Gasteiger partial charge in [0.25, 0.3) is 0 Å². The van der Waals surface area contributed by atoms with E-state index >= 15 is 0 Å². The molecule has 2 N–H and O–H groups in total. The van der Waals surface area contributed by atoms with E-state index in [1.165, 1.54) is 16.7 Å². The number of aliphatic hydroxyl groups is 1. The number of nitrogens with one attached hydrogen (secondary N) is 1. The standard InChI is InChI=1S/C17H21NO/c1-2-17(13-19)18-12-14-8-10-16(11-9-14)15-6-4-3-5-7-15/h3-11,17-19H,2,12-13H2,1H3/t17-/m1/s1. The van der Waals surface area contributed by atoms with E-state index in [1.54, 1.807) is 0 Å². The molecule has 0 bridgehead atoms. The average molecular weight is 255 g/mol. The zero-order valence-electron chi connectivity index (χ0n) is 11.3. The summed E-state index contributed by atoms with van der Waals surface area (Å²) in [5, 5.41) is 12.5. The highest BCUT2D eigenvalue weighted by Gasteiger charge is 2.03. The summed E-state index contributed by atoms with van der Waals surface area (Å²) >= 11 is 0. The summed E-state index contributed by atoms with van der Waals surface area (Å²) in [5.74, 6) is 0. The van der Waals surface area contributed by atoms with Gasteiger partial charge in [-0.25, -0.2) is 0 Å². The van der Waals surface area contributed by atoms with E-state index in [9.17, 15) is 0 Å². The fraction of sp³-hybridized carbons (Fsp3) is 0.294. The van der Waals surface area contributed by atoms with Crippen molar-refractivity contribution in [2.45, 2.75) is 25.9 Å². The molecular formula is C17H21NO. The second-order valence-corrected chi connectivity index (χ2v) is 4.73. The van der Waals surface area contributed by atoms with E-state index in [4.69, 9.17) is 5.11 Å². The Morgan fingerprint density at radius 2 is 1.58 bits per heavy atom. The van der Waals surface area contributed by atoms with Crippen molar-refractivity contribution in [3.05, 3.63) is 60.2 Å². The Labute approximate surface area is 115 Å². The first kappa shape index (κ1) is 13.8. The van der Waals surface area contributed by atoms with Gasteiger partial charge in [-0.1, -0.05) is 61.5 Å². The zero-order valence-corrected chi connectivity index (χ0v) is 11.3. The van der Waals surface area contributed by atoms with Gasteiger partial charge in [-0.3, -0.25) is 0 Å². The highest BCUT2D eigenvalue weighted by Crippen LogP contribution is 2.19. The Kier molecular flexibility index (Phi) is 5.13. The first-order valence-corrected chi connectivity index (χ1v) is 6.82. The smallest absolute Gasteiger partial charge is 0.0584 e. The van der Waals surface area contributed by atoms with Crippen LogP contribution in [0.1, 0.15) is 18.9 Å². The third-order valence-electron chi connectivity index (χ3n) is 3.37. The SMILES string of the molecule is CC[C@H](CO)NCc1ccc(-c2ccccc2)cc1. The van der Waals surface area contributed by atoms with Gasteiger partial charge < -0.3 is 10.4 Å². The third-order valence-corrected chi connectivity index (χ3v) is 3.37. The van der Waals surface area contributed by atoms with E-state index in [1.807, 2.05) is 6.07 Å². The maximum atomic E-state index is 9.13. The number of benzene rings is 2. The topological polar surface area (TPSA) is 32.3 Å². The van der Waals surface area contributed by atoms with Crippen molar-refractivity contribution in [3.63, 3.8) is 0 Å². The molecule has 0 radical (unpaired) electrons. The maximum Gasteiger partial charge on any atom is 0.0584 e. The molecule has 2 aromatic carbocycles. The van der Waals surface area contributed by atoms with Gasteiger partial charge in [-0.05, 0) is 23.1 Å². The van der Waals surface area contributed by atoms with Gasteiger partial charge >= 0.3 is 0 Å². The first-order chi connectivity index (χ1) is 9.33. The van der Waals surface area contributed by atoms with E-state index in [2.05, 4.69) is 60.8 Å². The number of hydrogen-bond acceptors (Lipinski definition) is 2. The summed E-state index contributed by atoms with van der Waals surface area (Å²) in [5.41, 5.74) is 3.72. The van der Waals surface area contributed by atoms with Crippen molar-refractivity contribution in [1.82, 2.24) is 5.32 Å². The molecule has 0 amide bonds. The molecule has 2 rings (SSSR count). The quantitative estimate of drug-likeness (QED) is 0.830. The number of aliphatic hydroxyl groups excluding tert-OH is 1. The monoisotopic (exact) mass is 255 g/mol. The fourth-order valence-corrected chi connectivity index (χ4v) is 2.05. The predicted octanol–water partition coefficient (Wildman–Crippen LogP) is 3.21. The van der Waals surface area contributed by atoms with Crippen molar-refractivity contribution in [2.24, 2.45) is 0 Å². The molecule has 2 heteroatoms. The summed E-state index contributed by atoms with van der Waals surface area (Å²) < 4.78 is 0. The Morgan fingerprint density at radius 1 is 0.947 bits per heavy atom. The van der Waals surface area contributed by atoms with Crippen molar-refractivity contribution < 1.29 is 5.11 Å². The molecular weight excluding hydrogens is 234 g/mol. The number of rotatable bonds is 6. The molecule has 1 atom stereocenters. The first-order valence-electron chi connectivity index (χ1n) is 6.82. The van der Waals surface area contributed by atoms with Crippen LogP contribution in [-0.2, 0) is 6.54 Å². The van der Waals surface area contributed by atoms with Gasteiger partial charge in [0.1, 0.15) is 0 Å². The van der Waals surface area contributed by atoms with Gasteiger partial charge in [0.05, 0.1) is 6.61 Å². The Balaban J connectivity index is 1.99. The molecule has 0 unspecified atom stereocenters. The highest BCUT2D eigenvalue weighted by atomic mass is 16.3. The summed E-state index contributed by atoms with van der Waals surface area (Å²) in [6.45, 7) is 3.07. The Morgan fingerprint density at radius 3 is 2.16 bits per heavy atom. The molecule has 0 aliphatic rings. The average Bonchev–Trinajstić information content (AvgIpc) is 2.50. The van der Waals surface area contributed by atoms with Crippen LogP contribution in [0.3, 0.4) is 0 Å². The number of hydrogen-bond donors (Lipinski definition) is 2. The van der Waals surface area contributed by atoms with Crippen LogP contribution >= 0.6 is 0 Å². The molecule has 100 valence electrons. The highest BCUT2D eigenvalue weighted by molar-refractivity contribution is 5.63. The molecule has 0 saturated heterocycles. The zero-order chi connectivity index (χ0) is 13.5. The minimum atomic E-state index is 0.189. The van der Waals surface area contributed by atoms with Gasteiger partial charge in [0.2, 0.25) is 0 Å². The molecule has 19 heavy (non-hydrogen) atoms. The molecule has 0 heterocycles. The predicted molar refractivity (Wildman–Crippen MR) is 79.9 cm³/mol. The molecule has 0 saturated carbocycles. The lowest BCUT2D eigenvalue weighted by Crippen LogP contribution is -2.31. The largest absolute Gasteiger partial charge is 0.395 e.